The minimum atomic E-state index is -2.56. The Balaban J connectivity index is 2.08. The number of hydrogen-bond donors (Lipinski definition) is 0. The Kier molecular flexibility index (Phi) is 6.41. The van der Waals surface area contributed by atoms with Crippen molar-refractivity contribution in [3.63, 3.8) is 0 Å². The highest BCUT2D eigenvalue weighted by molar-refractivity contribution is 7.87. The van der Waals surface area contributed by atoms with Gasteiger partial charge in [0.1, 0.15) is 0 Å². The Labute approximate surface area is 192 Å². The number of hydrogen-bond acceptors (Lipinski definition) is 1. The van der Waals surface area contributed by atoms with Crippen LogP contribution < -0.4 is 21.1 Å². The second-order valence-electron chi connectivity index (χ2n) is 8.84. The molecule has 4 aromatic carbocycles. The largest absolute Gasteiger partial charge is 0.276 e. The predicted molar refractivity (Wildman–Crippen MR) is 141 cm³/mol. The van der Waals surface area contributed by atoms with Crippen LogP contribution in [0.1, 0.15) is 10.4 Å². The van der Waals surface area contributed by atoms with Gasteiger partial charge in [0, 0.05) is 21.5 Å². The smallest absolute Gasteiger partial charge is 0.267 e. The van der Waals surface area contributed by atoms with E-state index in [-0.39, 0.29) is 5.91 Å². The van der Waals surface area contributed by atoms with Gasteiger partial charge in [0.2, 0.25) is 0 Å². The summed E-state index contributed by atoms with van der Waals surface area (Å²) in [7, 11) is -4.28. The molecule has 2 nitrogen and oxygen atoms in total. The molecule has 0 saturated carbocycles. The second kappa shape index (κ2) is 9.24. The maximum atomic E-state index is 13.9. The molecule has 4 heteroatoms. The van der Waals surface area contributed by atoms with E-state index in [0.29, 0.717) is 0 Å². The van der Waals surface area contributed by atoms with E-state index < -0.39 is 15.1 Å². The van der Waals surface area contributed by atoms with Gasteiger partial charge in [0.05, 0.1) is 15.1 Å². The van der Waals surface area contributed by atoms with Crippen molar-refractivity contribution in [3.05, 3.63) is 121 Å². The first-order valence-electron chi connectivity index (χ1n) is 10.9. The zero-order valence-corrected chi connectivity index (χ0v) is 20.7. The molecule has 0 fully saturated rings. The summed E-state index contributed by atoms with van der Waals surface area (Å²) in [5.41, 5.74) is 0.735. The molecule has 0 bridgehead atoms. The van der Waals surface area contributed by atoms with Gasteiger partial charge in [-0.2, -0.15) is 0 Å². The molecule has 0 heterocycles. The molecule has 160 valence electrons. The molecular weight excluding hydrogens is 425 g/mol. The fraction of sp³-hybridized carbons (Fsp3) is 0.107. The summed E-state index contributed by atoms with van der Waals surface area (Å²) in [5, 5.41) is 4.39. The van der Waals surface area contributed by atoms with Crippen molar-refractivity contribution in [3.8, 4) is 0 Å². The molecule has 32 heavy (non-hydrogen) atoms. The molecule has 0 aliphatic rings. The highest BCUT2D eigenvalue weighted by atomic mass is 31.2. The normalized spacial score (nSPS) is 11.7. The van der Waals surface area contributed by atoms with E-state index in [2.05, 4.69) is 62.1 Å². The highest BCUT2D eigenvalue weighted by Gasteiger charge is 2.30. The summed E-state index contributed by atoms with van der Waals surface area (Å²) in [6.45, 7) is 6.81. The van der Waals surface area contributed by atoms with Crippen molar-refractivity contribution in [1.82, 2.24) is 0 Å². The first-order valence-corrected chi connectivity index (χ1v) is 16.1. The third-order valence-electron chi connectivity index (χ3n) is 5.60. The van der Waals surface area contributed by atoms with Crippen molar-refractivity contribution in [2.75, 3.05) is 0 Å². The fourth-order valence-electron chi connectivity index (χ4n) is 4.07. The van der Waals surface area contributed by atoms with Crippen LogP contribution in [0.25, 0.3) is 0 Å². The summed E-state index contributed by atoms with van der Waals surface area (Å²) >= 11 is 0. The van der Waals surface area contributed by atoms with Crippen LogP contribution in [-0.2, 0) is 0 Å². The van der Waals surface area contributed by atoms with E-state index in [1.807, 2.05) is 72.8 Å². The van der Waals surface area contributed by atoms with Gasteiger partial charge >= 0.3 is 0 Å². The first kappa shape index (κ1) is 22.2. The van der Waals surface area contributed by atoms with Crippen molar-refractivity contribution in [2.24, 2.45) is 4.74 Å². The molecule has 1 amide bonds. The molecule has 0 aliphatic heterocycles. The molecule has 0 N–H and O–H groups in total. The minimum absolute atomic E-state index is 0.132. The molecule has 0 aliphatic carbocycles. The number of rotatable bonds is 5. The molecular formula is C28H28NOPSi. The SMILES string of the molecule is C[Si](C)(C)c1ccccc1C(=O)N=P(c1ccccc1)(c1ccccc1)c1ccccc1. The fourth-order valence-corrected chi connectivity index (χ4v) is 9.09. The summed E-state index contributed by atoms with van der Waals surface area (Å²) in [6, 6.07) is 38.9. The third kappa shape index (κ3) is 4.32. The van der Waals surface area contributed by atoms with Crippen LogP contribution in [0.15, 0.2) is 120 Å². The van der Waals surface area contributed by atoms with E-state index in [1.54, 1.807) is 0 Å². The lowest BCUT2D eigenvalue weighted by Crippen LogP contribution is -2.41. The number of amides is 1. The lowest BCUT2D eigenvalue weighted by Gasteiger charge is -2.27. The molecule has 0 atom stereocenters. The Morgan fingerprint density at radius 3 is 1.38 bits per heavy atom. The standard InChI is InChI=1S/C28H28NOPSi/c1-32(2,3)27-22-14-13-21-26(27)28(30)29-31(23-15-7-4-8-16-23,24-17-9-5-10-18-24)25-19-11-6-12-20-25/h4-22H,1-3H3. The topological polar surface area (TPSA) is 29.4 Å². The van der Waals surface area contributed by atoms with Crippen LogP contribution in [0.4, 0.5) is 0 Å². The number of nitrogens with zero attached hydrogens (tertiary/aromatic N) is 1. The van der Waals surface area contributed by atoms with Crippen LogP contribution in [-0.4, -0.2) is 14.0 Å². The van der Waals surface area contributed by atoms with E-state index in [0.717, 1.165) is 26.7 Å². The van der Waals surface area contributed by atoms with Crippen molar-refractivity contribution >= 4 is 42.1 Å². The molecule has 4 rings (SSSR count). The molecule has 4 aromatic rings. The average Bonchev–Trinajstić information content (AvgIpc) is 2.83. The zero-order valence-electron chi connectivity index (χ0n) is 18.8. The van der Waals surface area contributed by atoms with E-state index in [9.17, 15) is 4.79 Å². The lowest BCUT2D eigenvalue weighted by molar-refractivity contribution is 0.101. The summed E-state index contributed by atoms with van der Waals surface area (Å²) in [5.74, 6) is -0.132. The van der Waals surface area contributed by atoms with Gasteiger partial charge in [-0.05, 0) is 11.3 Å². The molecule has 0 aromatic heterocycles. The zero-order chi connectivity index (χ0) is 22.6. The Bertz CT molecular complexity index is 1160. The molecule has 0 unspecified atom stereocenters. The van der Waals surface area contributed by atoms with Gasteiger partial charge in [-0.1, -0.05) is 129 Å². The van der Waals surface area contributed by atoms with Gasteiger partial charge in [0.25, 0.3) is 5.91 Å². The predicted octanol–water partition coefficient (Wildman–Crippen LogP) is 5.55. The number of benzene rings is 4. The van der Waals surface area contributed by atoms with Gasteiger partial charge < -0.3 is 0 Å². The first-order chi connectivity index (χ1) is 15.4. The lowest BCUT2D eigenvalue weighted by atomic mass is 10.2. The number of carbonyl (C=O) groups excluding carboxylic acids is 1. The van der Waals surface area contributed by atoms with E-state index >= 15 is 0 Å². The maximum Gasteiger partial charge on any atom is 0.276 e. The minimum Gasteiger partial charge on any atom is -0.267 e. The van der Waals surface area contributed by atoms with Gasteiger partial charge in [0.15, 0.2) is 0 Å². The van der Waals surface area contributed by atoms with Gasteiger partial charge in [-0.15, -0.1) is 0 Å². The van der Waals surface area contributed by atoms with E-state index in [4.69, 9.17) is 4.74 Å². The quantitative estimate of drug-likeness (QED) is 0.288. The van der Waals surface area contributed by atoms with Gasteiger partial charge in [-0.3, -0.25) is 4.79 Å². The molecule has 0 radical (unpaired) electrons. The Morgan fingerprint density at radius 2 is 0.969 bits per heavy atom. The second-order valence-corrected chi connectivity index (χ2v) is 16.9. The van der Waals surface area contributed by atoms with Crippen molar-refractivity contribution in [2.45, 2.75) is 19.6 Å². The van der Waals surface area contributed by atoms with Crippen LogP contribution in [0.5, 0.6) is 0 Å². The molecule has 0 saturated heterocycles. The Morgan fingerprint density at radius 1 is 0.594 bits per heavy atom. The summed E-state index contributed by atoms with van der Waals surface area (Å²) < 4.78 is 5.16. The van der Waals surface area contributed by atoms with Gasteiger partial charge in [-0.25, -0.2) is 4.74 Å². The average molecular weight is 454 g/mol. The van der Waals surface area contributed by atoms with Crippen LogP contribution in [0, 0.1) is 0 Å². The Hall–Kier alpha value is -3.00. The number of carbonyl (C=O) groups is 1. The third-order valence-corrected chi connectivity index (χ3v) is 11.3. The van der Waals surface area contributed by atoms with Crippen LogP contribution >= 0.6 is 7.05 Å². The van der Waals surface area contributed by atoms with Crippen LogP contribution in [0.3, 0.4) is 0 Å². The monoisotopic (exact) mass is 453 g/mol. The van der Waals surface area contributed by atoms with Crippen LogP contribution in [0.2, 0.25) is 19.6 Å². The maximum absolute atomic E-state index is 13.9. The van der Waals surface area contributed by atoms with Crippen molar-refractivity contribution < 1.29 is 4.79 Å². The summed E-state index contributed by atoms with van der Waals surface area (Å²) in [6.07, 6.45) is 0. The molecule has 0 spiro atoms. The highest BCUT2D eigenvalue weighted by Crippen LogP contribution is 2.46. The van der Waals surface area contributed by atoms with E-state index in [1.165, 1.54) is 0 Å². The summed E-state index contributed by atoms with van der Waals surface area (Å²) in [4.78, 5) is 13.9. The van der Waals surface area contributed by atoms with Crippen molar-refractivity contribution in [1.29, 1.82) is 0 Å².